The second-order valence-corrected chi connectivity index (χ2v) is 6.01. The lowest BCUT2D eigenvalue weighted by Gasteiger charge is -2.33. The van der Waals surface area contributed by atoms with E-state index in [4.69, 9.17) is 4.74 Å². The second-order valence-electron chi connectivity index (χ2n) is 6.01. The maximum Gasteiger partial charge on any atom is 0.317 e. The zero-order valence-corrected chi connectivity index (χ0v) is 13.0. The Bertz CT molecular complexity index is 547. The van der Waals surface area contributed by atoms with E-state index in [9.17, 15) is 9.18 Å². The summed E-state index contributed by atoms with van der Waals surface area (Å²) in [6, 6.07) is 4.97. The fourth-order valence-electron chi connectivity index (χ4n) is 3.49. The first kappa shape index (κ1) is 15.3. The normalized spacial score (nSPS) is 24.2. The smallest absolute Gasteiger partial charge is 0.317 e. The van der Waals surface area contributed by atoms with E-state index in [1.165, 1.54) is 6.07 Å². The molecule has 1 aromatic carbocycles. The molecule has 0 spiro atoms. The first-order chi connectivity index (χ1) is 10.7. The number of amides is 2. The molecule has 1 aromatic rings. The van der Waals surface area contributed by atoms with E-state index in [0.717, 1.165) is 36.9 Å². The van der Waals surface area contributed by atoms with Gasteiger partial charge in [0.05, 0.1) is 12.1 Å². The molecule has 2 amide bonds. The number of carbonyl (C=O) groups is 1. The van der Waals surface area contributed by atoms with Gasteiger partial charge in [0.15, 0.2) is 0 Å². The van der Waals surface area contributed by atoms with Gasteiger partial charge < -0.3 is 15.0 Å². The Morgan fingerprint density at radius 3 is 3.14 bits per heavy atom. The molecule has 1 heterocycles. The Morgan fingerprint density at radius 2 is 2.32 bits per heavy atom. The van der Waals surface area contributed by atoms with E-state index in [1.807, 2.05) is 17.9 Å². The number of benzene rings is 1. The van der Waals surface area contributed by atoms with E-state index in [1.54, 1.807) is 6.07 Å². The standard InChI is InChI=1S/C17H23FN2O2/c1-2-22-12-5-4-10-20(11-12)17(21)19-16-9-8-13-14(16)6-3-7-15(13)18/h3,6-7,12,16H,2,4-5,8-11H2,1H3,(H,19,21). The highest BCUT2D eigenvalue weighted by Crippen LogP contribution is 2.32. The third kappa shape index (κ3) is 3.09. The molecule has 2 atom stereocenters. The average molecular weight is 306 g/mol. The van der Waals surface area contributed by atoms with Crippen LogP contribution >= 0.6 is 0 Å². The quantitative estimate of drug-likeness (QED) is 0.932. The highest BCUT2D eigenvalue weighted by Gasteiger charge is 2.29. The zero-order valence-electron chi connectivity index (χ0n) is 13.0. The number of halogens is 1. The van der Waals surface area contributed by atoms with Gasteiger partial charge in [-0.05, 0) is 49.8 Å². The molecule has 2 aliphatic rings. The number of fused-ring (bicyclic) bond motifs is 1. The van der Waals surface area contributed by atoms with Gasteiger partial charge >= 0.3 is 6.03 Å². The van der Waals surface area contributed by atoms with Gasteiger partial charge in [0, 0.05) is 19.7 Å². The van der Waals surface area contributed by atoms with Gasteiger partial charge in [0.1, 0.15) is 5.82 Å². The number of carbonyl (C=O) groups excluding carboxylic acids is 1. The maximum atomic E-state index is 13.8. The molecule has 0 saturated carbocycles. The number of piperidine rings is 1. The molecule has 1 aliphatic carbocycles. The van der Waals surface area contributed by atoms with Gasteiger partial charge in [-0.1, -0.05) is 12.1 Å². The van der Waals surface area contributed by atoms with Gasteiger partial charge in [0.25, 0.3) is 0 Å². The summed E-state index contributed by atoms with van der Waals surface area (Å²) >= 11 is 0. The van der Waals surface area contributed by atoms with Gasteiger partial charge in [-0.3, -0.25) is 0 Å². The topological polar surface area (TPSA) is 41.6 Å². The van der Waals surface area contributed by atoms with Crippen molar-refractivity contribution in [1.29, 1.82) is 0 Å². The molecule has 4 nitrogen and oxygen atoms in total. The van der Waals surface area contributed by atoms with Gasteiger partial charge in [0.2, 0.25) is 0 Å². The van der Waals surface area contributed by atoms with E-state index in [0.29, 0.717) is 19.6 Å². The molecule has 0 bridgehead atoms. The summed E-state index contributed by atoms with van der Waals surface area (Å²) in [6.07, 6.45) is 3.57. The predicted molar refractivity (Wildman–Crippen MR) is 82.2 cm³/mol. The Balaban J connectivity index is 1.62. The van der Waals surface area contributed by atoms with Crippen molar-refractivity contribution in [1.82, 2.24) is 10.2 Å². The van der Waals surface area contributed by atoms with Crippen molar-refractivity contribution >= 4 is 6.03 Å². The molecule has 120 valence electrons. The van der Waals surface area contributed by atoms with Crippen molar-refractivity contribution < 1.29 is 13.9 Å². The van der Waals surface area contributed by atoms with E-state index in [-0.39, 0.29) is 24.0 Å². The largest absolute Gasteiger partial charge is 0.377 e. The number of rotatable bonds is 3. The number of hydrogen-bond acceptors (Lipinski definition) is 2. The van der Waals surface area contributed by atoms with Crippen LogP contribution < -0.4 is 5.32 Å². The van der Waals surface area contributed by atoms with Crippen LogP contribution in [0.1, 0.15) is 43.4 Å². The van der Waals surface area contributed by atoms with Crippen LogP contribution in [0.5, 0.6) is 0 Å². The SMILES string of the molecule is CCOC1CCCN(C(=O)NC2CCc3c(F)cccc32)C1. The van der Waals surface area contributed by atoms with E-state index < -0.39 is 0 Å². The van der Waals surface area contributed by atoms with Crippen molar-refractivity contribution in [3.63, 3.8) is 0 Å². The Labute approximate surface area is 130 Å². The lowest BCUT2D eigenvalue weighted by Crippen LogP contribution is -2.48. The predicted octanol–water partition coefficient (Wildman–Crippen LogP) is 3.02. The van der Waals surface area contributed by atoms with Crippen LogP contribution in [-0.4, -0.2) is 36.7 Å². The molecule has 2 unspecified atom stereocenters. The third-order valence-corrected chi connectivity index (χ3v) is 4.58. The number of nitrogens with one attached hydrogen (secondary N) is 1. The highest BCUT2D eigenvalue weighted by atomic mass is 19.1. The molecule has 22 heavy (non-hydrogen) atoms. The summed E-state index contributed by atoms with van der Waals surface area (Å²) in [5.74, 6) is -0.163. The monoisotopic (exact) mass is 306 g/mol. The lowest BCUT2D eigenvalue weighted by atomic mass is 10.1. The van der Waals surface area contributed by atoms with Crippen molar-refractivity contribution in [2.75, 3.05) is 19.7 Å². The fourth-order valence-corrected chi connectivity index (χ4v) is 3.49. The molecular weight excluding hydrogens is 283 g/mol. The van der Waals surface area contributed by atoms with Crippen LogP contribution in [0, 0.1) is 5.82 Å². The zero-order chi connectivity index (χ0) is 15.5. The molecule has 0 radical (unpaired) electrons. The number of hydrogen-bond donors (Lipinski definition) is 1. The molecule has 0 aromatic heterocycles. The van der Waals surface area contributed by atoms with Gasteiger partial charge in [-0.15, -0.1) is 0 Å². The third-order valence-electron chi connectivity index (χ3n) is 4.58. The molecule has 1 fully saturated rings. The molecule has 3 rings (SSSR count). The van der Waals surface area contributed by atoms with Crippen molar-refractivity contribution in [3.05, 3.63) is 35.1 Å². The van der Waals surface area contributed by atoms with Gasteiger partial charge in [-0.2, -0.15) is 0 Å². The summed E-state index contributed by atoms with van der Waals surface area (Å²) in [7, 11) is 0. The Morgan fingerprint density at radius 1 is 1.45 bits per heavy atom. The van der Waals surface area contributed by atoms with Crippen LogP contribution in [0.15, 0.2) is 18.2 Å². The second kappa shape index (κ2) is 6.65. The molecule has 1 saturated heterocycles. The van der Waals surface area contributed by atoms with Crippen LogP contribution in [0.4, 0.5) is 9.18 Å². The van der Waals surface area contributed by atoms with Crippen LogP contribution in [0.2, 0.25) is 0 Å². The number of likely N-dealkylation sites (tertiary alicyclic amines) is 1. The fraction of sp³-hybridized carbons (Fsp3) is 0.588. The number of nitrogens with zero attached hydrogens (tertiary/aromatic N) is 1. The molecule has 1 aliphatic heterocycles. The highest BCUT2D eigenvalue weighted by molar-refractivity contribution is 5.75. The first-order valence-electron chi connectivity index (χ1n) is 8.13. The minimum absolute atomic E-state index is 0.0634. The Hall–Kier alpha value is -1.62. The van der Waals surface area contributed by atoms with Crippen molar-refractivity contribution in [2.24, 2.45) is 0 Å². The summed E-state index contributed by atoms with van der Waals surface area (Å²) in [6.45, 7) is 4.05. The van der Waals surface area contributed by atoms with Crippen LogP contribution in [-0.2, 0) is 11.2 Å². The number of urea groups is 1. The summed E-state index contributed by atoms with van der Waals surface area (Å²) in [4.78, 5) is 14.3. The summed E-state index contributed by atoms with van der Waals surface area (Å²) in [5.41, 5.74) is 1.67. The molecule has 1 N–H and O–H groups in total. The first-order valence-corrected chi connectivity index (χ1v) is 8.13. The lowest BCUT2D eigenvalue weighted by molar-refractivity contribution is 0.0161. The van der Waals surface area contributed by atoms with E-state index >= 15 is 0 Å². The minimum Gasteiger partial charge on any atom is -0.377 e. The molecular formula is C17H23FN2O2. The van der Waals surface area contributed by atoms with Crippen LogP contribution in [0.25, 0.3) is 0 Å². The van der Waals surface area contributed by atoms with Gasteiger partial charge in [-0.25, -0.2) is 9.18 Å². The summed E-state index contributed by atoms with van der Waals surface area (Å²) in [5, 5.41) is 3.06. The van der Waals surface area contributed by atoms with E-state index in [2.05, 4.69) is 5.32 Å². The van der Waals surface area contributed by atoms with Crippen LogP contribution in [0.3, 0.4) is 0 Å². The Kier molecular flexibility index (Phi) is 4.62. The minimum atomic E-state index is -0.163. The van der Waals surface area contributed by atoms with Crippen molar-refractivity contribution in [2.45, 2.75) is 44.8 Å². The maximum absolute atomic E-state index is 13.8. The van der Waals surface area contributed by atoms with Crippen molar-refractivity contribution in [3.8, 4) is 0 Å². The number of ether oxygens (including phenoxy) is 1. The summed E-state index contributed by atoms with van der Waals surface area (Å²) < 4.78 is 19.4. The average Bonchev–Trinajstić information content (AvgIpc) is 2.92. The molecule has 5 heteroatoms.